The molecular formula is C13H9NO4. The zero-order valence-corrected chi connectivity index (χ0v) is 9.47. The first-order chi connectivity index (χ1) is 8.58. The van der Waals surface area contributed by atoms with E-state index in [1.165, 1.54) is 25.3 Å². The van der Waals surface area contributed by atoms with Crippen molar-refractivity contribution in [2.24, 2.45) is 0 Å². The van der Waals surface area contributed by atoms with Crippen LogP contribution in [0, 0.1) is 23.2 Å². The third kappa shape index (κ3) is 3.29. The van der Waals surface area contributed by atoms with Gasteiger partial charge in [-0.25, -0.2) is 4.79 Å². The lowest BCUT2D eigenvalue weighted by atomic mass is 10.1. The van der Waals surface area contributed by atoms with Gasteiger partial charge in [0.05, 0.1) is 12.7 Å². The molecular weight excluding hydrogens is 234 g/mol. The van der Waals surface area contributed by atoms with Gasteiger partial charge in [0.2, 0.25) is 0 Å². The third-order valence-electron chi connectivity index (χ3n) is 1.99. The summed E-state index contributed by atoms with van der Waals surface area (Å²) in [4.78, 5) is 10.4. The molecule has 1 aromatic carbocycles. The number of hydrogen-bond donors (Lipinski definition) is 2. The lowest BCUT2D eigenvalue weighted by Crippen LogP contribution is -1.90. The summed E-state index contributed by atoms with van der Waals surface area (Å²) in [6, 6.07) is 4.55. The van der Waals surface area contributed by atoms with Crippen molar-refractivity contribution in [1.29, 1.82) is 5.26 Å². The second-order valence-corrected chi connectivity index (χ2v) is 3.15. The second kappa shape index (κ2) is 5.97. The average Bonchev–Trinajstić information content (AvgIpc) is 2.35. The number of nitriles is 1. The number of rotatable bonds is 3. The van der Waals surface area contributed by atoms with Crippen LogP contribution in [0.1, 0.15) is 11.1 Å². The van der Waals surface area contributed by atoms with Gasteiger partial charge < -0.3 is 14.9 Å². The van der Waals surface area contributed by atoms with Crippen LogP contribution in [-0.4, -0.2) is 23.3 Å². The summed E-state index contributed by atoms with van der Waals surface area (Å²) in [5, 5.41) is 26.6. The van der Waals surface area contributed by atoms with Gasteiger partial charge in [-0.3, -0.25) is 0 Å². The van der Waals surface area contributed by atoms with Crippen LogP contribution >= 0.6 is 0 Å². The standard InChI is InChI=1S/C13H9NO4/c1-18-11-8-9(4-5-12(15)16)7-10(13(11)17)3-2-6-14/h4-5,7-8,17H,1H3,(H,15,16). The molecule has 2 N–H and O–H groups in total. The molecule has 0 aliphatic heterocycles. The van der Waals surface area contributed by atoms with E-state index in [2.05, 4.69) is 11.8 Å². The Labute approximate surface area is 104 Å². The fraction of sp³-hybridized carbons (Fsp3) is 0.0769. The van der Waals surface area contributed by atoms with Crippen LogP contribution in [0.15, 0.2) is 18.2 Å². The summed E-state index contributed by atoms with van der Waals surface area (Å²) in [6.45, 7) is 0. The van der Waals surface area contributed by atoms with E-state index in [0.29, 0.717) is 5.56 Å². The summed E-state index contributed by atoms with van der Waals surface area (Å²) in [7, 11) is 1.36. The molecule has 0 aliphatic rings. The van der Waals surface area contributed by atoms with Crippen LogP contribution in [0.2, 0.25) is 0 Å². The van der Waals surface area contributed by atoms with Crippen molar-refractivity contribution < 1.29 is 19.7 Å². The number of carboxylic acid groups (broad SMARTS) is 1. The zero-order valence-electron chi connectivity index (χ0n) is 9.47. The molecule has 0 saturated carbocycles. The van der Waals surface area contributed by atoms with Crippen molar-refractivity contribution in [2.75, 3.05) is 7.11 Å². The van der Waals surface area contributed by atoms with Gasteiger partial charge in [-0.05, 0) is 29.7 Å². The molecule has 0 atom stereocenters. The molecule has 0 aliphatic carbocycles. The smallest absolute Gasteiger partial charge is 0.328 e. The van der Waals surface area contributed by atoms with E-state index in [-0.39, 0.29) is 17.1 Å². The molecule has 1 aromatic rings. The van der Waals surface area contributed by atoms with E-state index in [9.17, 15) is 9.90 Å². The van der Waals surface area contributed by atoms with E-state index < -0.39 is 5.97 Å². The maximum absolute atomic E-state index is 10.4. The van der Waals surface area contributed by atoms with Crippen LogP contribution in [0.4, 0.5) is 0 Å². The number of ether oxygens (including phenoxy) is 1. The van der Waals surface area contributed by atoms with Crippen molar-refractivity contribution in [1.82, 2.24) is 0 Å². The summed E-state index contributed by atoms with van der Waals surface area (Å²) >= 11 is 0. The molecule has 0 radical (unpaired) electrons. The number of aromatic hydroxyl groups is 1. The number of aliphatic carboxylic acids is 1. The molecule has 0 fully saturated rings. The Morgan fingerprint density at radius 3 is 2.78 bits per heavy atom. The van der Waals surface area contributed by atoms with E-state index in [4.69, 9.17) is 15.1 Å². The molecule has 18 heavy (non-hydrogen) atoms. The molecule has 1 rings (SSSR count). The summed E-state index contributed by atoms with van der Waals surface area (Å²) in [6.07, 6.45) is 2.29. The highest BCUT2D eigenvalue weighted by Gasteiger charge is 2.08. The van der Waals surface area contributed by atoms with Crippen molar-refractivity contribution in [3.05, 3.63) is 29.3 Å². The quantitative estimate of drug-likeness (QED) is 0.618. The van der Waals surface area contributed by atoms with Gasteiger partial charge in [0.15, 0.2) is 17.6 Å². The lowest BCUT2D eigenvalue weighted by molar-refractivity contribution is -0.131. The normalized spacial score (nSPS) is 9.33. The van der Waals surface area contributed by atoms with Gasteiger partial charge in [0.1, 0.15) is 0 Å². The average molecular weight is 243 g/mol. The highest BCUT2D eigenvalue weighted by Crippen LogP contribution is 2.31. The molecule has 0 aromatic heterocycles. The van der Waals surface area contributed by atoms with E-state index in [0.717, 1.165) is 6.08 Å². The maximum atomic E-state index is 10.4. The lowest BCUT2D eigenvalue weighted by Gasteiger charge is -2.06. The highest BCUT2D eigenvalue weighted by atomic mass is 16.5. The largest absolute Gasteiger partial charge is 0.503 e. The van der Waals surface area contributed by atoms with E-state index in [1.807, 2.05) is 0 Å². The topological polar surface area (TPSA) is 90.5 Å². The monoisotopic (exact) mass is 243 g/mol. The predicted octanol–water partition coefficient (Wildman–Crippen LogP) is 1.37. The first-order valence-corrected chi connectivity index (χ1v) is 4.80. The summed E-state index contributed by atoms with van der Waals surface area (Å²) < 4.78 is 4.93. The summed E-state index contributed by atoms with van der Waals surface area (Å²) in [5.74, 6) is 3.47. The number of nitrogens with zero attached hydrogens (tertiary/aromatic N) is 1. The summed E-state index contributed by atoms with van der Waals surface area (Å²) in [5.41, 5.74) is 0.690. The van der Waals surface area contributed by atoms with E-state index >= 15 is 0 Å². The first kappa shape index (κ1) is 13.1. The number of carbonyl (C=O) groups is 1. The minimum Gasteiger partial charge on any atom is -0.503 e. The molecule has 0 saturated heterocycles. The molecule has 90 valence electrons. The van der Waals surface area contributed by atoms with Crippen LogP contribution in [0.3, 0.4) is 0 Å². The number of hydrogen-bond acceptors (Lipinski definition) is 4. The Balaban J connectivity index is 3.31. The van der Waals surface area contributed by atoms with Gasteiger partial charge in [0.25, 0.3) is 0 Å². The number of carboxylic acids is 1. The number of phenolic OH excluding ortho intramolecular Hbond substituents is 1. The Morgan fingerprint density at radius 1 is 1.50 bits per heavy atom. The molecule has 0 unspecified atom stereocenters. The molecule has 5 nitrogen and oxygen atoms in total. The van der Waals surface area contributed by atoms with Crippen molar-refractivity contribution in [2.45, 2.75) is 0 Å². The van der Waals surface area contributed by atoms with Crippen molar-refractivity contribution >= 4 is 12.0 Å². The molecule has 5 heteroatoms. The van der Waals surface area contributed by atoms with Gasteiger partial charge in [-0.15, -0.1) is 0 Å². The molecule has 0 heterocycles. The van der Waals surface area contributed by atoms with Crippen LogP contribution in [0.25, 0.3) is 6.08 Å². The highest BCUT2D eigenvalue weighted by molar-refractivity contribution is 5.85. The fourth-order valence-electron chi connectivity index (χ4n) is 1.24. The van der Waals surface area contributed by atoms with Gasteiger partial charge in [0, 0.05) is 12.0 Å². The van der Waals surface area contributed by atoms with Gasteiger partial charge in [-0.1, -0.05) is 0 Å². The molecule has 0 bridgehead atoms. The van der Waals surface area contributed by atoms with Crippen LogP contribution < -0.4 is 4.74 Å². The fourth-order valence-corrected chi connectivity index (χ4v) is 1.24. The first-order valence-electron chi connectivity index (χ1n) is 4.80. The molecule has 0 spiro atoms. The second-order valence-electron chi connectivity index (χ2n) is 3.15. The number of methoxy groups -OCH3 is 1. The minimum absolute atomic E-state index is 0.157. The van der Waals surface area contributed by atoms with Gasteiger partial charge >= 0.3 is 5.97 Å². The Morgan fingerprint density at radius 2 is 2.22 bits per heavy atom. The number of phenols is 1. The number of benzene rings is 1. The SMILES string of the molecule is COc1cc(C=CC(=O)O)cc(C#CC#N)c1O. The Bertz CT molecular complexity index is 600. The minimum atomic E-state index is -1.09. The Hall–Kier alpha value is -2.92. The Kier molecular flexibility index (Phi) is 4.36. The van der Waals surface area contributed by atoms with E-state index in [1.54, 1.807) is 6.07 Å². The van der Waals surface area contributed by atoms with Crippen LogP contribution in [-0.2, 0) is 4.79 Å². The van der Waals surface area contributed by atoms with Crippen molar-refractivity contribution in [3.8, 4) is 29.4 Å². The maximum Gasteiger partial charge on any atom is 0.328 e. The van der Waals surface area contributed by atoms with Crippen molar-refractivity contribution in [3.63, 3.8) is 0 Å². The van der Waals surface area contributed by atoms with Crippen LogP contribution in [0.5, 0.6) is 11.5 Å². The zero-order chi connectivity index (χ0) is 13.5. The van der Waals surface area contributed by atoms with Gasteiger partial charge in [-0.2, -0.15) is 5.26 Å². The molecule has 0 amide bonds. The predicted molar refractivity (Wildman–Crippen MR) is 63.8 cm³/mol. The third-order valence-corrected chi connectivity index (χ3v) is 1.99.